The average molecular weight is 382 g/mol. The summed E-state index contributed by atoms with van der Waals surface area (Å²) >= 11 is 5.28. The highest BCUT2D eigenvalue weighted by atomic mass is 32.1. The first-order chi connectivity index (χ1) is 13.2. The van der Waals surface area contributed by atoms with Gasteiger partial charge in [-0.05, 0) is 54.9 Å². The topological polar surface area (TPSA) is 71.9 Å². The van der Waals surface area contributed by atoms with E-state index < -0.39 is 0 Å². The molecule has 0 aliphatic carbocycles. The third-order valence-corrected chi connectivity index (χ3v) is 4.53. The van der Waals surface area contributed by atoms with Crippen molar-refractivity contribution in [3.8, 4) is 17.1 Å². The molecule has 0 saturated carbocycles. The van der Waals surface area contributed by atoms with Crippen LogP contribution in [0.15, 0.2) is 54.6 Å². The van der Waals surface area contributed by atoms with Crippen LogP contribution in [0.1, 0.15) is 12.0 Å². The number of rotatable bonds is 8. The van der Waals surface area contributed by atoms with Crippen molar-refractivity contribution in [2.45, 2.75) is 19.4 Å². The van der Waals surface area contributed by atoms with Crippen LogP contribution >= 0.6 is 12.2 Å². The summed E-state index contributed by atoms with van der Waals surface area (Å²) in [5.74, 6) is 1.30. The average Bonchev–Trinajstić information content (AvgIpc) is 3.06. The molecule has 0 bridgehead atoms. The number of aryl methyl sites for hydroxylation is 1. The number of aromatic nitrogens is 3. The van der Waals surface area contributed by atoms with Gasteiger partial charge >= 0.3 is 0 Å². The fourth-order valence-corrected chi connectivity index (χ4v) is 2.99. The van der Waals surface area contributed by atoms with Gasteiger partial charge < -0.3 is 10.1 Å². The molecule has 0 aliphatic rings. The smallest absolute Gasteiger partial charge is 0.240 e. The molecular weight excluding hydrogens is 360 g/mol. The molecule has 0 saturated heterocycles. The second-order valence-corrected chi connectivity index (χ2v) is 6.49. The van der Waals surface area contributed by atoms with Crippen molar-refractivity contribution < 1.29 is 9.53 Å². The molecule has 0 aliphatic heterocycles. The van der Waals surface area contributed by atoms with Crippen LogP contribution in [0.25, 0.3) is 11.4 Å². The molecule has 0 spiro atoms. The second-order valence-electron chi connectivity index (χ2n) is 6.11. The summed E-state index contributed by atoms with van der Waals surface area (Å²) < 4.78 is 7.29. The van der Waals surface area contributed by atoms with E-state index in [1.807, 2.05) is 42.5 Å². The highest BCUT2D eigenvalue weighted by molar-refractivity contribution is 7.71. The van der Waals surface area contributed by atoms with Crippen molar-refractivity contribution >= 4 is 18.1 Å². The number of nitrogens with zero attached hydrogens (tertiary/aromatic N) is 2. The zero-order valence-electron chi connectivity index (χ0n) is 15.1. The number of ether oxygens (including phenoxy) is 1. The van der Waals surface area contributed by atoms with Gasteiger partial charge in [0.1, 0.15) is 12.3 Å². The summed E-state index contributed by atoms with van der Waals surface area (Å²) in [5, 5.41) is 9.97. The van der Waals surface area contributed by atoms with Crippen LogP contribution in [0.2, 0.25) is 0 Å². The molecule has 7 heteroatoms. The minimum atomic E-state index is -0.0877. The lowest BCUT2D eigenvalue weighted by molar-refractivity contribution is -0.121. The van der Waals surface area contributed by atoms with Gasteiger partial charge in [-0.3, -0.25) is 14.5 Å². The summed E-state index contributed by atoms with van der Waals surface area (Å²) in [6.07, 6.45) is 1.82. The molecule has 0 fully saturated rings. The van der Waals surface area contributed by atoms with Gasteiger partial charge in [0, 0.05) is 12.1 Å². The molecule has 1 heterocycles. The Morgan fingerprint density at radius 1 is 1.19 bits per heavy atom. The Bertz CT molecular complexity index is 933. The van der Waals surface area contributed by atoms with E-state index >= 15 is 0 Å². The molecule has 6 nitrogen and oxygen atoms in total. The van der Waals surface area contributed by atoms with E-state index in [2.05, 4.69) is 27.6 Å². The Balaban J connectivity index is 1.57. The molecule has 1 aromatic heterocycles. The lowest BCUT2D eigenvalue weighted by Crippen LogP contribution is -2.29. The van der Waals surface area contributed by atoms with E-state index in [1.165, 1.54) is 5.56 Å². The SMILES string of the molecule is COc1ccc(-c2n[nH]c(=S)n2CC(=O)NCCCc2ccccc2)cc1. The van der Waals surface area contributed by atoms with Crippen LogP contribution < -0.4 is 10.1 Å². The number of aromatic amines is 1. The van der Waals surface area contributed by atoms with Gasteiger partial charge in [-0.15, -0.1) is 0 Å². The maximum atomic E-state index is 12.3. The Labute approximate surface area is 163 Å². The normalized spacial score (nSPS) is 10.6. The fourth-order valence-electron chi connectivity index (χ4n) is 2.79. The van der Waals surface area contributed by atoms with E-state index in [4.69, 9.17) is 17.0 Å². The molecule has 3 aromatic rings. The van der Waals surface area contributed by atoms with Crippen LogP contribution in [0.4, 0.5) is 0 Å². The predicted molar refractivity (Wildman–Crippen MR) is 107 cm³/mol. The van der Waals surface area contributed by atoms with Crippen LogP contribution in [-0.4, -0.2) is 34.3 Å². The molecule has 27 heavy (non-hydrogen) atoms. The number of carbonyl (C=O) groups is 1. The van der Waals surface area contributed by atoms with Crippen LogP contribution in [0.3, 0.4) is 0 Å². The lowest BCUT2D eigenvalue weighted by atomic mass is 10.1. The fraction of sp³-hybridized carbons (Fsp3) is 0.250. The van der Waals surface area contributed by atoms with Gasteiger partial charge in [0.2, 0.25) is 5.91 Å². The van der Waals surface area contributed by atoms with Crippen molar-refractivity contribution in [1.29, 1.82) is 0 Å². The molecular formula is C20H22N4O2S. The summed E-state index contributed by atoms with van der Waals surface area (Å²) in [5.41, 5.74) is 2.13. The van der Waals surface area contributed by atoms with Crippen LogP contribution in [0, 0.1) is 4.77 Å². The number of carbonyl (C=O) groups excluding carboxylic acids is 1. The number of H-pyrrole nitrogens is 1. The molecule has 1 amide bonds. The lowest BCUT2D eigenvalue weighted by Gasteiger charge is -2.09. The largest absolute Gasteiger partial charge is 0.497 e. The van der Waals surface area contributed by atoms with Crippen molar-refractivity contribution in [3.05, 3.63) is 64.9 Å². The van der Waals surface area contributed by atoms with E-state index in [0.717, 1.165) is 24.2 Å². The second kappa shape index (κ2) is 9.14. The summed E-state index contributed by atoms with van der Waals surface area (Å²) in [6.45, 7) is 0.749. The molecule has 140 valence electrons. The standard InChI is InChI=1S/C20H22N4O2S/c1-26-17-11-9-16(10-12-17)19-22-23-20(27)24(19)14-18(25)21-13-5-8-15-6-3-2-4-7-15/h2-4,6-7,9-12H,5,8,13-14H2,1H3,(H,21,25)(H,23,27). The summed E-state index contributed by atoms with van der Waals surface area (Å²) in [7, 11) is 1.62. The Kier molecular flexibility index (Phi) is 6.38. The van der Waals surface area contributed by atoms with Crippen molar-refractivity contribution in [2.24, 2.45) is 0 Å². The van der Waals surface area contributed by atoms with E-state index in [0.29, 0.717) is 17.1 Å². The monoisotopic (exact) mass is 382 g/mol. The minimum absolute atomic E-state index is 0.0877. The maximum Gasteiger partial charge on any atom is 0.240 e. The molecule has 2 aromatic carbocycles. The zero-order chi connectivity index (χ0) is 19.1. The highest BCUT2D eigenvalue weighted by Gasteiger charge is 2.12. The summed E-state index contributed by atoms with van der Waals surface area (Å²) in [6, 6.07) is 17.7. The first kappa shape index (κ1) is 18.8. The van der Waals surface area contributed by atoms with Crippen LogP contribution in [-0.2, 0) is 17.8 Å². The Hall–Kier alpha value is -2.93. The molecule has 2 N–H and O–H groups in total. The number of methoxy groups -OCH3 is 1. The number of hydrogen-bond donors (Lipinski definition) is 2. The zero-order valence-corrected chi connectivity index (χ0v) is 16.0. The van der Waals surface area contributed by atoms with Crippen LogP contribution in [0.5, 0.6) is 5.75 Å². The maximum absolute atomic E-state index is 12.3. The number of hydrogen-bond acceptors (Lipinski definition) is 4. The van der Waals surface area contributed by atoms with Gasteiger partial charge in [-0.25, -0.2) is 0 Å². The molecule has 0 atom stereocenters. The summed E-state index contributed by atoms with van der Waals surface area (Å²) in [4.78, 5) is 12.3. The van der Waals surface area contributed by atoms with Crippen molar-refractivity contribution in [3.63, 3.8) is 0 Å². The number of nitrogens with one attached hydrogen (secondary N) is 2. The Morgan fingerprint density at radius 3 is 2.63 bits per heavy atom. The van der Waals surface area contributed by atoms with Gasteiger partial charge in [0.05, 0.1) is 7.11 Å². The molecule has 0 radical (unpaired) electrons. The first-order valence-electron chi connectivity index (χ1n) is 8.77. The third kappa shape index (κ3) is 5.04. The van der Waals surface area contributed by atoms with Gasteiger partial charge in [0.25, 0.3) is 0 Å². The molecule has 0 unspecified atom stereocenters. The van der Waals surface area contributed by atoms with Gasteiger partial charge in [-0.1, -0.05) is 30.3 Å². The van der Waals surface area contributed by atoms with E-state index in [9.17, 15) is 4.79 Å². The number of amides is 1. The van der Waals surface area contributed by atoms with Gasteiger partial charge in [-0.2, -0.15) is 5.10 Å². The van der Waals surface area contributed by atoms with Gasteiger partial charge in [0.15, 0.2) is 10.6 Å². The molecule has 3 rings (SSSR count). The highest BCUT2D eigenvalue weighted by Crippen LogP contribution is 2.20. The number of benzene rings is 2. The predicted octanol–water partition coefficient (Wildman–Crippen LogP) is 3.37. The van der Waals surface area contributed by atoms with E-state index in [1.54, 1.807) is 11.7 Å². The quantitative estimate of drug-likeness (QED) is 0.463. The first-order valence-corrected chi connectivity index (χ1v) is 9.18. The Morgan fingerprint density at radius 2 is 1.93 bits per heavy atom. The van der Waals surface area contributed by atoms with E-state index in [-0.39, 0.29) is 12.5 Å². The van der Waals surface area contributed by atoms with Crippen molar-refractivity contribution in [2.75, 3.05) is 13.7 Å². The minimum Gasteiger partial charge on any atom is -0.497 e. The van der Waals surface area contributed by atoms with Crippen molar-refractivity contribution in [1.82, 2.24) is 20.1 Å². The third-order valence-electron chi connectivity index (χ3n) is 4.22.